The van der Waals surface area contributed by atoms with E-state index in [1.807, 2.05) is 67.6 Å². The number of nitrogens with zero attached hydrogens (tertiary/aromatic N) is 1. The maximum Gasteiger partial charge on any atom is 0.231 e. The summed E-state index contributed by atoms with van der Waals surface area (Å²) in [4.78, 5) is 17.9. The van der Waals surface area contributed by atoms with Crippen molar-refractivity contribution in [3.8, 4) is 11.5 Å². The topological polar surface area (TPSA) is 61.6 Å². The van der Waals surface area contributed by atoms with Crippen LogP contribution in [0.2, 0.25) is 0 Å². The molecule has 0 saturated heterocycles. The SMILES string of the molecule is CCOc1ccc(C=C(C(=O)c2ccccc2)c2nc3ccccc3o2)cc1OC. The second-order valence-corrected chi connectivity index (χ2v) is 6.58. The lowest BCUT2D eigenvalue weighted by molar-refractivity contribution is 0.105. The number of rotatable bonds is 7. The lowest BCUT2D eigenvalue weighted by Gasteiger charge is -2.10. The summed E-state index contributed by atoms with van der Waals surface area (Å²) in [6.45, 7) is 2.45. The number of ketones is 1. The van der Waals surface area contributed by atoms with Crippen molar-refractivity contribution in [2.75, 3.05) is 13.7 Å². The second-order valence-electron chi connectivity index (χ2n) is 6.58. The Hall–Kier alpha value is -3.86. The molecule has 0 spiro atoms. The average Bonchev–Trinajstić information content (AvgIpc) is 3.22. The van der Waals surface area contributed by atoms with Gasteiger partial charge >= 0.3 is 0 Å². The number of Topliss-reactive ketones (excluding diaryl/α,β-unsaturated/α-hetero) is 1. The summed E-state index contributed by atoms with van der Waals surface area (Å²) in [5.74, 6) is 1.34. The zero-order chi connectivity index (χ0) is 20.9. The summed E-state index contributed by atoms with van der Waals surface area (Å²) in [6.07, 6.45) is 1.76. The Morgan fingerprint density at radius 2 is 1.77 bits per heavy atom. The van der Waals surface area contributed by atoms with Gasteiger partial charge in [-0.25, -0.2) is 4.98 Å². The fourth-order valence-corrected chi connectivity index (χ4v) is 3.17. The first kappa shape index (κ1) is 19.5. The van der Waals surface area contributed by atoms with E-state index in [4.69, 9.17) is 13.9 Å². The van der Waals surface area contributed by atoms with Crippen LogP contribution >= 0.6 is 0 Å². The summed E-state index contributed by atoms with van der Waals surface area (Å²) in [5, 5.41) is 0. The Balaban J connectivity index is 1.83. The van der Waals surface area contributed by atoms with E-state index in [0.717, 1.165) is 5.56 Å². The number of ether oxygens (including phenoxy) is 2. The fourth-order valence-electron chi connectivity index (χ4n) is 3.17. The van der Waals surface area contributed by atoms with Gasteiger partial charge in [0.1, 0.15) is 5.52 Å². The average molecular weight is 399 g/mol. The summed E-state index contributed by atoms with van der Waals surface area (Å²) >= 11 is 0. The molecule has 0 radical (unpaired) electrons. The Kier molecular flexibility index (Phi) is 5.61. The Labute approximate surface area is 174 Å². The molecule has 0 atom stereocenters. The number of aromatic nitrogens is 1. The number of fused-ring (bicyclic) bond motifs is 1. The van der Waals surface area contributed by atoms with Crippen LogP contribution in [0, 0.1) is 0 Å². The van der Waals surface area contributed by atoms with Crippen LogP contribution < -0.4 is 9.47 Å². The highest BCUT2D eigenvalue weighted by molar-refractivity contribution is 6.31. The Bertz CT molecular complexity index is 1180. The third kappa shape index (κ3) is 3.96. The van der Waals surface area contributed by atoms with E-state index in [0.29, 0.717) is 40.3 Å². The first-order valence-electron chi connectivity index (χ1n) is 9.68. The van der Waals surface area contributed by atoms with Gasteiger partial charge in [-0.3, -0.25) is 4.79 Å². The molecule has 0 aliphatic rings. The monoisotopic (exact) mass is 399 g/mol. The van der Waals surface area contributed by atoms with Crippen molar-refractivity contribution in [3.63, 3.8) is 0 Å². The standard InChI is InChI=1S/C25H21NO4/c1-3-29-22-14-13-17(16-23(22)28-2)15-19(24(27)18-9-5-4-6-10-18)25-26-20-11-7-8-12-21(20)30-25/h4-16H,3H2,1-2H3. The number of carbonyl (C=O) groups is 1. The minimum Gasteiger partial charge on any atom is -0.493 e. The number of para-hydroxylation sites is 2. The minimum atomic E-state index is -0.171. The summed E-state index contributed by atoms with van der Waals surface area (Å²) in [6, 6.07) is 22.0. The summed E-state index contributed by atoms with van der Waals surface area (Å²) in [7, 11) is 1.59. The largest absolute Gasteiger partial charge is 0.493 e. The Morgan fingerprint density at radius 3 is 2.50 bits per heavy atom. The molecule has 0 amide bonds. The maximum absolute atomic E-state index is 13.3. The molecule has 0 unspecified atom stereocenters. The number of benzene rings is 3. The molecular weight excluding hydrogens is 378 g/mol. The first-order valence-corrected chi connectivity index (χ1v) is 9.68. The second kappa shape index (κ2) is 8.66. The third-order valence-corrected chi connectivity index (χ3v) is 4.60. The molecule has 5 nitrogen and oxygen atoms in total. The van der Waals surface area contributed by atoms with Crippen LogP contribution in [0.1, 0.15) is 28.7 Å². The minimum absolute atomic E-state index is 0.171. The van der Waals surface area contributed by atoms with Crippen LogP contribution in [-0.2, 0) is 0 Å². The number of carbonyl (C=O) groups excluding carboxylic acids is 1. The molecule has 0 aliphatic carbocycles. The molecule has 30 heavy (non-hydrogen) atoms. The highest BCUT2D eigenvalue weighted by Gasteiger charge is 2.20. The Morgan fingerprint density at radius 1 is 1.00 bits per heavy atom. The van der Waals surface area contributed by atoms with Crippen molar-refractivity contribution in [1.29, 1.82) is 0 Å². The van der Waals surface area contributed by atoms with Crippen molar-refractivity contribution >= 4 is 28.5 Å². The van der Waals surface area contributed by atoms with Gasteiger partial charge in [-0.15, -0.1) is 0 Å². The molecule has 0 N–H and O–H groups in total. The van der Waals surface area contributed by atoms with Crippen molar-refractivity contribution in [1.82, 2.24) is 4.98 Å². The van der Waals surface area contributed by atoms with Gasteiger partial charge in [0.05, 0.1) is 19.3 Å². The van der Waals surface area contributed by atoms with Crippen LogP contribution in [0.25, 0.3) is 22.7 Å². The molecule has 0 fully saturated rings. The van der Waals surface area contributed by atoms with E-state index in [1.54, 1.807) is 25.3 Å². The highest BCUT2D eigenvalue weighted by Crippen LogP contribution is 2.31. The molecule has 0 saturated carbocycles. The van der Waals surface area contributed by atoms with Gasteiger partial charge in [0.25, 0.3) is 0 Å². The van der Waals surface area contributed by atoms with Crippen molar-refractivity contribution in [2.24, 2.45) is 0 Å². The zero-order valence-electron chi connectivity index (χ0n) is 16.8. The summed E-state index contributed by atoms with van der Waals surface area (Å²) in [5.41, 5.74) is 3.02. The van der Waals surface area contributed by atoms with Gasteiger partial charge in [0, 0.05) is 5.56 Å². The van der Waals surface area contributed by atoms with Gasteiger partial charge in [-0.1, -0.05) is 48.5 Å². The number of allylic oxidation sites excluding steroid dienone is 1. The number of hydrogen-bond acceptors (Lipinski definition) is 5. The highest BCUT2D eigenvalue weighted by atomic mass is 16.5. The van der Waals surface area contributed by atoms with Crippen molar-refractivity contribution < 1.29 is 18.7 Å². The molecule has 0 bridgehead atoms. The van der Waals surface area contributed by atoms with Crippen molar-refractivity contribution in [2.45, 2.75) is 6.92 Å². The molecule has 1 aromatic heterocycles. The van der Waals surface area contributed by atoms with E-state index in [9.17, 15) is 4.79 Å². The van der Waals surface area contributed by atoms with Crippen LogP contribution in [0.4, 0.5) is 0 Å². The van der Waals surface area contributed by atoms with Gasteiger partial charge in [-0.05, 0) is 42.8 Å². The zero-order valence-corrected chi connectivity index (χ0v) is 16.8. The van der Waals surface area contributed by atoms with E-state index in [2.05, 4.69) is 4.98 Å². The normalized spacial score (nSPS) is 11.5. The molecule has 4 aromatic rings. The smallest absolute Gasteiger partial charge is 0.231 e. The molecule has 150 valence electrons. The molecular formula is C25H21NO4. The number of methoxy groups -OCH3 is 1. The molecule has 5 heteroatoms. The van der Waals surface area contributed by atoms with E-state index in [-0.39, 0.29) is 11.7 Å². The molecule has 4 rings (SSSR count). The number of oxazole rings is 1. The number of hydrogen-bond donors (Lipinski definition) is 0. The molecule has 3 aromatic carbocycles. The van der Waals surface area contributed by atoms with Gasteiger partial charge in [-0.2, -0.15) is 0 Å². The summed E-state index contributed by atoms with van der Waals surface area (Å²) < 4.78 is 16.9. The van der Waals surface area contributed by atoms with Crippen LogP contribution in [0.5, 0.6) is 11.5 Å². The van der Waals surface area contributed by atoms with Gasteiger partial charge in [0.15, 0.2) is 22.9 Å². The first-order chi connectivity index (χ1) is 14.7. The molecule has 0 aliphatic heterocycles. The van der Waals surface area contributed by atoms with E-state index < -0.39 is 0 Å². The van der Waals surface area contributed by atoms with Crippen LogP contribution in [-0.4, -0.2) is 24.5 Å². The lowest BCUT2D eigenvalue weighted by atomic mass is 10.0. The fraction of sp³-hybridized carbons (Fsp3) is 0.120. The molecule has 1 heterocycles. The van der Waals surface area contributed by atoms with Crippen LogP contribution in [0.15, 0.2) is 77.2 Å². The van der Waals surface area contributed by atoms with Gasteiger partial charge in [0.2, 0.25) is 5.89 Å². The van der Waals surface area contributed by atoms with Crippen molar-refractivity contribution in [3.05, 3.63) is 89.8 Å². The van der Waals surface area contributed by atoms with Gasteiger partial charge < -0.3 is 13.9 Å². The van der Waals surface area contributed by atoms with E-state index in [1.165, 1.54) is 0 Å². The van der Waals surface area contributed by atoms with E-state index >= 15 is 0 Å². The third-order valence-electron chi connectivity index (χ3n) is 4.60. The maximum atomic E-state index is 13.3. The predicted molar refractivity (Wildman–Crippen MR) is 117 cm³/mol. The quantitative estimate of drug-likeness (QED) is 0.296. The van der Waals surface area contributed by atoms with Crippen LogP contribution in [0.3, 0.4) is 0 Å². The lowest BCUT2D eigenvalue weighted by Crippen LogP contribution is -2.03. The predicted octanol–water partition coefficient (Wildman–Crippen LogP) is 5.66.